The van der Waals surface area contributed by atoms with Gasteiger partial charge in [-0.2, -0.15) is 3.89 Å². The average molecular weight is 285 g/mol. The van der Waals surface area contributed by atoms with E-state index in [1.54, 1.807) is 12.1 Å². The lowest BCUT2D eigenvalue weighted by atomic mass is 10.2. The number of benzene rings is 2. The minimum absolute atomic E-state index is 0.0990. The van der Waals surface area contributed by atoms with E-state index in [2.05, 4.69) is 0 Å². The summed E-state index contributed by atoms with van der Waals surface area (Å²) in [7, 11) is 0. The van der Waals surface area contributed by atoms with Gasteiger partial charge in [-0.3, -0.25) is 5.01 Å². The lowest BCUT2D eigenvalue weighted by molar-refractivity contribution is 0.512. The van der Waals surface area contributed by atoms with Gasteiger partial charge in [0, 0.05) is 4.90 Å². The second-order valence-electron chi connectivity index (χ2n) is 3.74. The van der Waals surface area contributed by atoms with E-state index in [-0.39, 0.29) is 23.5 Å². The number of halogens is 3. The molecule has 2 aromatic rings. The number of hydrogen-bond donors (Lipinski definition) is 2. The van der Waals surface area contributed by atoms with Gasteiger partial charge < -0.3 is 5.73 Å². The van der Waals surface area contributed by atoms with Crippen LogP contribution in [-0.4, -0.2) is 0 Å². The predicted molar refractivity (Wildman–Crippen MR) is 70.5 cm³/mol. The van der Waals surface area contributed by atoms with E-state index in [4.69, 9.17) is 11.6 Å². The first-order valence-corrected chi connectivity index (χ1v) is 5.93. The summed E-state index contributed by atoms with van der Waals surface area (Å²) in [5, 5.41) is 1.10. The highest BCUT2D eigenvalue weighted by atomic mass is 32.2. The fraction of sp³-hybridized carbons (Fsp3) is 0. The molecule has 0 aliphatic heterocycles. The third-order valence-electron chi connectivity index (χ3n) is 2.57. The Hall–Kier alpha value is -1.86. The van der Waals surface area contributed by atoms with Gasteiger partial charge in [-0.1, -0.05) is 0 Å². The summed E-state index contributed by atoms with van der Waals surface area (Å²) in [5.74, 6) is 3.60. The van der Waals surface area contributed by atoms with Gasteiger partial charge in [0.15, 0.2) is 11.6 Å². The van der Waals surface area contributed by atoms with Gasteiger partial charge in [0.1, 0.15) is 0 Å². The van der Waals surface area contributed by atoms with E-state index in [1.165, 1.54) is 18.2 Å². The molecular weight excluding hydrogens is 275 g/mol. The normalized spacial score (nSPS) is 10.5. The molecule has 3 nitrogen and oxygen atoms in total. The van der Waals surface area contributed by atoms with Crippen LogP contribution in [0.2, 0.25) is 0 Å². The zero-order valence-electron chi connectivity index (χ0n) is 9.61. The van der Waals surface area contributed by atoms with Gasteiger partial charge in [-0.15, -0.1) is 0 Å². The summed E-state index contributed by atoms with van der Waals surface area (Å²) in [6, 6.07) is 8.31. The molecule has 0 saturated heterocycles. The largest absolute Gasteiger partial charge is 0.395 e. The van der Waals surface area contributed by atoms with E-state index in [9.17, 15) is 12.7 Å². The maximum absolute atomic E-state index is 13.4. The SMILES string of the molecule is Nc1c(N(N)c2ccc(SF)cc2)ccc(F)c1F. The number of hydrazine groups is 1. The Morgan fingerprint density at radius 2 is 1.63 bits per heavy atom. The number of rotatable bonds is 3. The van der Waals surface area contributed by atoms with Crippen LogP contribution in [0.15, 0.2) is 41.3 Å². The monoisotopic (exact) mass is 285 g/mol. The van der Waals surface area contributed by atoms with Crippen molar-refractivity contribution in [3.8, 4) is 0 Å². The smallest absolute Gasteiger partial charge is 0.183 e. The van der Waals surface area contributed by atoms with Crippen LogP contribution in [0.3, 0.4) is 0 Å². The van der Waals surface area contributed by atoms with Crippen LogP contribution < -0.4 is 16.6 Å². The number of nitrogens with two attached hydrogens (primary N) is 2. The Labute approximate surface area is 112 Å². The second-order valence-corrected chi connectivity index (χ2v) is 4.36. The van der Waals surface area contributed by atoms with Gasteiger partial charge in [-0.25, -0.2) is 14.6 Å². The lowest BCUT2D eigenvalue weighted by Crippen LogP contribution is -2.26. The molecule has 0 amide bonds. The Bertz CT molecular complexity index is 590. The highest BCUT2D eigenvalue weighted by Gasteiger charge is 2.15. The molecule has 2 aromatic carbocycles. The summed E-state index contributed by atoms with van der Waals surface area (Å²) in [5.41, 5.74) is 5.69. The third kappa shape index (κ3) is 2.61. The third-order valence-corrected chi connectivity index (χ3v) is 3.02. The number of nitrogen functional groups attached to an aromatic ring is 1. The highest BCUT2D eigenvalue weighted by Crippen LogP contribution is 2.31. The van der Waals surface area contributed by atoms with Crippen molar-refractivity contribution in [3.63, 3.8) is 0 Å². The second kappa shape index (κ2) is 5.41. The first kappa shape index (κ1) is 13.6. The fourth-order valence-electron chi connectivity index (χ4n) is 1.56. The first-order valence-electron chi connectivity index (χ1n) is 5.21. The van der Waals surface area contributed by atoms with Gasteiger partial charge in [-0.05, 0) is 36.4 Å². The molecule has 0 bridgehead atoms. The fourth-order valence-corrected chi connectivity index (χ4v) is 1.80. The molecule has 2 rings (SSSR count). The molecule has 0 aromatic heterocycles. The average Bonchev–Trinajstić information content (AvgIpc) is 2.44. The molecule has 0 saturated carbocycles. The van der Waals surface area contributed by atoms with Crippen molar-refractivity contribution >= 4 is 29.2 Å². The van der Waals surface area contributed by atoms with Gasteiger partial charge >= 0.3 is 0 Å². The Morgan fingerprint density at radius 1 is 1.00 bits per heavy atom. The summed E-state index contributed by atoms with van der Waals surface area (Å²) >= 11 is 0.0990. The summed E-state index contributed by atoms with van der Waals surface area (Å²) in [6.45, 7) is 0. The predicted octanol–water partition coefficient (Wildman–Crippen LogP) is 3.54. The molecule has 0 fully saturated rings. The molecule has 0 aliphatic carbocycles. The molecule has 0 aliphatic rings. The van der Waals surface area contributed by atoms with Crippen LogP contribution in [0.1, 0.15) is 0 Å². The lowest BCUT2D eigenvalue weighted by Gasteiger charge is -2.21. The summed E-state index contributed by atoms with van der Waals surface area (Å²) in [4.78, 5) is 0.412. The van der Waals surface area contributed by atoms with Crippen molar-refractivity contribution in [1.29, 1.82) is 0 Å². The topological polar surface area (TPSA) is 55.3 Å². The highest BCUT2D eigenvalue weighted by molar-refractivity contribution is 7.94. The van der Waals surface area contributed by atoms with E-state index in [0.29, 0.717) is 10.6 Å². The molecule has 4 N–H and O–H groups in total. The van der Waals surface area contributed by atoms with E-state index < -0.39 is 11.6 Å². The van der Waals surface area contributed by atoms with E-state index >= 15 is 0 Å². The Kier molecular flexibility index (Phi) is 3.87. The molecule has 100 valence electrons. The van der Waals surface area contributed by atoms with Crippen molar-refractivity contribution < 1.29 is 12.7 Å². The quantitative estimate of drug-likeness (QED) is 0.514. The Balaban J connectivity index is 2.38. The van der Waals surface area contributed by atoms with Gasteiger partial charge in [0.2, 0.25) is 0 Å². The van der Waals surface area contributed by atoms with Gasteiger partial charge in [0.05, 0.1) is 29.2 Å². The standard InChI is InChI=1S/C12H10F3N3S/c13-9-5-6-10(12(16)11(9)14)18(17)7-1-3-8(19-15)4-2-7/h1-6H,16-17H2. The zero-order chi connectivity index (χ0) is 14.0. The number of nitrogens with zero attached hydrogens (tertiary/aromatic N) is 1. The minimum atomic E-state index is -1.15. The summed E-state index contributed by atoms with van der Waals surface area (Å²) < 4.78 is 38.6. The van der Waals surface area contributed by atoms with E-state index in [1.807, 2.05) is 0 Å². The van der Waals surface area contributed by atoms with Crippen LogP contribution in [-0.2, 0) is 0 Å². The number of anilines is 3. The minimum Gasteiger partial charge on any atom is -0.395 e. The molecule has 0 atom stereocenters. The Morgan fingerprint density at radius 3 is 2.21 bits per heavy atom. The molecule has 0 heterocycles. The van der Waals surface area contributed by atoms with Crippen molar-refractivity contribution in [2.75, 3.05) is 10.7 Å². The van der Waals surface area contributed by atoms with E-state index in [0.717, 1.165) is 11.1 Å². The first-order chi connectivity index (χ1) is 9.04. The van der Waals surface area contributed by atoms with Crippen LogP contribution in [0.5, 0.6) is 0 Å². The van der Waals surface area contributed by atoms with Crippen molar-refractivity contribution in [2.45, 2.75) is 4.90 Å². The molecular formula is C12H10F3N3S. The summed E-state index contributed by atoms with van der Waals surface area (Å²) in [6.07, 6.45) is 0. The van der Waals surface area contributed by atoms with Crippen LogP contribution >= 0.6 is 12.1 Å². The molecule has 7 heteroatoms. The van der Waals surface area contributed by atoms with Crippen LogP contribution in [0.4, 0.5) is 29.7 Å². The molecule has 19 heavy (non-hydrogen) atoms. The van der Waals surface area contributed by atoms with Crippen molar-refractivity contribution in [3.05, 3.63) is 48.0 Å². The maximum Gasteiger partial charge on any atom is 0.183 e. The molecule has 0 spiro atoms. The van der Waals surface area contributed by atoms with Crippen molar-refractivity contribution in [2.24, 2.45) is 5.84 Å². The maximum atomic E-state index is 13.4. The van der Waals surface area contributed by atoms with Crippen molar-refractivity contribution in [1.82, 2.24) is 0 Å². The zero-order valence-corrected chi connectivity index (χ0v) is 10.4. The van der Waals surface area contributed by atoms with Gasteiger partial charge in [0.25, 0.3) is 0 Å². The molecule has 0 unspecified atom stereocenters. The van der Waals surface area contributed by atoms with Crippen LogP contribution in [0.25, 0.3) is 0 Å². The van der Waals surface area contributed by atoms with Crippen LogP contribution in [0, 0.1) is 11.6 Å². The number of hydrogen-bond acceptors (Lipinski definition) is 4. The molecule has 0 radical (unpaired) electrons.